The van der Waals surface area contributed by atoms with Gasteiger partial charge in [0.2, 0.25) is 0 Å². The average Bonchev–Trinajstić information content (AvgIpc) is 2.55. The molecule has 1 aromatic rings. The fraction of sp³-hybridized carbons (Fsp3) is 0.562. The van der Waals surface area contributed by atoms with E-state index in [2.05, 4.69) is 17.6 Å². The molecule has 2 N–H and O–H groups in total. The van der Waals surface area contributed by atoms with Crippen molar-refractivity contribution >= 4 is 23.3 Å². The molecule has 0 radical (unpaired) electrons. The number of nitrogens with one attached hydrogen (secondary N) is 2. The van der Waals surface area contributed by atoms with Crippen LogP contribution in [0.4, 0.5) is 10.5 Å². The van der Waals surface area contributed by atoms with Crippen molar-refractivity contribution in [2.24, 2.45) is 0 Å². The Bertz CT molecular complexity index is 497. The molecule has 0 unspecified atom stereocenters. The highest BCUT2D eigenvalue weighted by atomic mass is 35.5. The summed E-state index contributed by atoms with van der Waals surface area (Å²) in [5, 5.41) is 5.90. The minimum absolute atomic E-state index is 0.318. The summed E-state index contributed by atoms with van der Waals surface area (Å²) in [5.74, 6) is 0.931. The average molecular weight is 345 g/mol. The van der Waals surface area contributed by atoms with E-state index < -0.39 is 0 Å². The lowest BCUT2D eigenvalue weighted by Gasteiger charge is -2.13. The number of methoxy groups -OCH3 is 2. The highest BCUT2D eigenvalue weighted by Gasteiger charge is 2.12. The topological polar surface area (TPSA) is 68.8 Å². The molecule has 0 aliphatic heterocycles. The first kappa shape index (κ1) is 19.4. The van der Waals surface area contributed by atoms with E-state index >= 15 is 0 Å². The van der Waals surface area contributed by atoms with Crippen molar-refractivity contribution in [2.75, 3.05) is 39.3 Å². The molecule has 130 valence electrons. The van der Waals surface area contributed by atoms with Crippen molar-refractivity contribution in [3.63, 3.8) is 0 Å². The molecule has 0 bridgehead atoms. The van der Waals surface area contributed by atoms with Gasteiger partial charge in [-0.15, -0.1) is 0 Å². The quantitative estimate of drug-likeness (QED) is 0.635. The van der Waals surface area contributed by atoms with Gasteiger partial charge in [-0.25, -0.2) is 4.79 Å². The van der Waals surface area contributed by atoms with E-state index in [1.54, 1.807) is 12.1 Å². The lowest BCUT2D eigenvalue weighted by molar-refractivity contribution is 0.129. The van der Waals surface area contributed by atoms with Crippen LogP contribution in [0, 0.1) is 0 Å². The first-order valence-corrected chi connectivity index (χ1v) is 8.04. The summed E-state index contributed by atoms with van der Waals surface area (Å²) in [7, 11) is 3.02. The zero-order chi connectivity index (χ0) is 17.1. The van der Waals surface area contributed by atoms with E-state index in [1.807, 2.05) is 0 Å². The number of unbranched alkanes of at least 4 members (excludes halogenated alkanes) is 1. The molecule has 0 fully saturated rings. The van der Waals surface area contributed by atoms with Crippen LogP contribution in [0.15, 0.2) is 12.1 Å². The molecule has 0 spiro atoms. The lowest BCUT2D eigenvalue weighted by Crippen LogP contribution is -2.30. The Kier molecular flexibility index (Phi) is 9.24. The Labute approximate surface area is 142 Å². The van der Waals surface area contributed by atoms with Gasteiger partial charge in [0.25, 0.3) is 0 Å². The number of anilines is 1. The number of hydrogen-bond donors (Lipinski definition) is 2. The van der Waals surface area contributed by atoms with Gasteiger partial charge < -0.3 is 24.8 Å². The third-order valence-electron chi connectivity index (χ3n) is 3.12. The standard InChI is InChI=1S/C16H25ClN2O4/c1-4-5-8-23-9-6-7-18-16(20)19-13-11-14(21-2)12(17)10-15(13)22-3/h10-11H,4-9H2,1-3H3,(H2,18,19,20). The molecule has 0 heterocycles. The third kappa shape index (κ3) is 6.97. The van der Waals surface area contributed by atoms with E-state index in [1.165, 1.54) is 14.2 Å². The van der Waals surface area contributed by atoms with Crippen LogP contribution in [-0.2, 0) is 4.74 Å². The van der Waals surface area contributed by atoms with Crippen LogP contribution in [0.5, 0.6) is 11.5 Å². The maximum atomic E-state index is 11.9. The van der Waals surface area contributed by atoms with E-state index in [-0.39, 0.29) is 6.03 Å². The number of halogens is 1. The molecule has 0 atom stereocenters. The Morgan fingerprint density at radius 3 is 2.48 bits per heavy atom. The molecule has 23 heavy (non-hydrogen) atoms. The monoisotopic (exact) mass is 344 g/mol. The molecule has 0 aliphatic rings. The van der Waals surface area contributed by atoms with Gasteiger partial charge in [-0.3, -0.25) is 0 Å². The van der Waals surface area contributed by atoms with Gasteiger partial charge in [-0.2, -0.15) is 0 Å². The van der Waals surface area contributed by atoms with Crippen molar-refractivity contribution in [1.29, 1.82) is 0 Å². The number of carbonyl (C=O) groups is 1. The van der Waals surface area contributed by atoms with Crippen molar-refractivity contribution < 1.29 is 19.0 Å². The summed E-state index contributed by atoms with van der Waals surface area (Å²) in [6.45, 7) is 4.06. The molecule has 0 aliphatic carbocycles. The van der Waals surface area contributed by atoms with Crippen LogP contribution < -0.4 is 20.1 Å². The van der Waals surface area contributed by atoms with E-state index in [4.69, 9.17) is 25.8 Å². The number of urea groups is 1. The highest BCUT2D eigenvalue weighted by molar-refractivity contribution is 6.32. The fourth-order valence-electron chi connectivity index (χ4n) is 1.85. The summed E-state index contributed by atoms with van der Waals surface area (Å²) >= 11 is 6.02. The smallest absolute Gasteiger partial charge is 0.319 e. The third-order valence-corrected chi connectivity index (χ3v) is 3.41. The van der Waals surface area contributed by atoms with Crippen LogP contribution >= 0.6 is 11.6 Å². The number of benzene rings is 1. The van der Waals surface area contributed by atoms with Crippen molar-refractivity contribution in [1.82, 2.24) is 5.32 Å². The molecular formula is C16H25ClN2O4. The lowest BCUT2D eigenvalue weighted by atomic mass is 10.2. The van der Waals surface area contributed by atoms with Crippen molar-refractivity contribution in [3.05, 3.63) is 17.2 Å². The second-order valence-electron chi connectivity index (χ2n) is 4.89. The predicted octanol–water partition coefficient (Wildman–Crippen LogP) is 3.69. The van der Waals surface area contributed by atoms with Gasteiger partial charge in [0.15, 0.2) is 0 Å². The van der Waals surface area contributed by atoms with Crippen LogP contribution in [0.25, 0.3) is 0 Å². The molecular weight excluding hydrogens is 320 g/mol. The first-order chi connectivity index (χ1) is 11.1. The van der Waals surface area contributed by atoms with Gasteiger partial charge in [0.05, 0.1) is 24.9 Å². The first-order valence-electron chi connectivity index (χ1n) is 7.66. The molecule has 0 aromatic heterocycles. The van der Waals surface area contributed by atoms with E-state index in [0.29, 0.717) is 35.4 Å². The molecule has 7 heteroatoms. The number of rotatable bonds is 10. The molecule has 6 nitrogen and oxygen atoms in total. The Morgan fingerprint density at radius 2 is 1.83 bits per heavy atom. The SMILES string of the molecule is CCCCOCCCNC(=O)Nc1cc(OC)c(Cl)cc1OC. The van der Waals surface area contributed by atoms with Crippen LogP contribution in [0.1, 0.15) is 26.2 Å². The highest BCUT2D eigenvalue weighted by Crippen LogP contribution is 2.35. The molecule has 0 saturated heterocycles. The normalized spacial score (nSPS) is 10.3. The molecule has 1 aromatic carbocycles. The van der Waals surface area contributed by atoms with Crippen molar-refractivity contribution in [3.8, 4) is 11.5 Å². The van der Waals surface area contributed by atoms with E-state index in [0.717, 1.165) is 25.9 Å². The number of carbonyl (C=O) groups excluding carboxylic acids is 1. The van der Waals surface area contributed by atoms with Crippen LogP contribution in [0.2, 0.25) is 5.02 Å². The Balaban J connectivity index is 2.42. The Morgan fingerprint density at radius 1 is 1.13 bits per heavy atom. The second-order valence-corrected chi connectivity index (χ2v) is 5.29. The number of hydrogen-bond acceptors (Lipinski definition) is 4. The number of amides is 2. The van der Waals surface area contributed by atoms with Gasteiger partial charge in [-0.1, -0.05) is 24.9 Å². The van der Waals surface area contributed by atoms with Crippen LogP contribution in [-0.4, -0.2) is 40.0 Å². The summed E-state index contributed by atoms with van der Waals surface area (Å²) in [6.07, 6.45) is 2.94. The second kappa shape index (κ2) is 11.0. The van der Waals surface area contributed by atoms with Gasteiger partial charge >= 0.3 is 6.03 Å². The van der Waals surface area contributed by atoms with Gasteiger partial charge in [0.1, 0.15) is 11.5 Å². The zero-order valence-electron chi connectivity index (χ0n) is 13.9. The summed E-state index contributed by atoms with van der Waals surface area (Å²) in [4.78, 5) is 11.9. The molecule has 1 rings (SSSR count). The number of ether oxygens (including phenoxy) is 3. The largest absolute Gasteiger partial charge is 0.495 e. The Hall–Kier alpha value is -1.66. The van der Waals surface area contributed by atoms with E-state index in [9.17, 15) is 4.79 Å². The summed E-state index contributed by atoms with van der Waals surface area (Å²) in [6, 6.07) is 2.90. The van der Waals surface area contributed by atoms with Crippen LogP contribution in [0.3, 0.4) is 0 Å². The molecule has 2 amide bonds. The van der Waals surface area contributed by atoms with Crippen molar-refractivity contribution in [2.45, 2.75) is 26.2 Å². The minimum atomic E-state index is -0.318. The predicted molar refractivity (Wildman–Crippen MR) is 91.9 cm³/mol. The zero-order valence-corrected chi connectivity index (χ0v) is 14.7. The van der Waals surface area contributed by atoms with Gasteiger partial charge in [-0.05, 0) is 12.8 Å². The van der Waals surface area contributed by atoms with Gasteiger partial charge in [0, 0.05) is 31.9 Å². The molecule has 0 saturated carbocycles. The fourth-order valence-corrected chi connectivity index (χ4v) is 2.08. The maximum Gasteiger partial charge on any atom is 0.319 e. The summed E-state index contributed by atoms with van der Waals surface area (Å²) < 4.78 is 15.8. The summed E-state index contributed by atoms with van der Waals surface area (Å²) in [5.41, 5.74) is 0.491. The minimum Gasteiger partial charge on any atom is -0.495 e. The maximum absolute atomic E-state index is 11.9.